The zero-order valence-electron chi connectivity index (χ0n) is 11.6. The Morgan fingerprint density at radius 2 is 1.95 bits per heavy atom. The number of rotatable bonds is 1. The predicted octanol–water partition coefficient (Wildman–Crippen LogP) is 1.72. The van der Waals surface area contributed by atoms with Gasteiger partial charge in [0, 0.05) is 24.4 Å². The highest BCUT2D eigenvalue weighted by atomic mass is 16.5. The summed E-state index contributed by atoms with van der Waals surface area (Å²) in [6, 6.07) is 6.88. The SMILES string of the molecule is NC1=N[C@@]2(CCc3cc(-c4cncnc4)ccc3C2)CO1. The minimum absolute atomic E-state index is 0.144. The van der Waals surface area contributed by atoms with E-state index in [1.54, 1.807) is 6.33 Å². The Labute approximate surface area is 122 Å². The van der Waals surface area contributed by atoms with Crippen molar-refractivity contribution in [2.75, 3.05) is 6.61 Å². The molecule has 4 rings (SSSR count). The summed E-state index contributed by atoms with van der Waals surface area (Å²) < 4.78 is 5.37. The predicted molar refractivity (Wildman–Crippen MR) is 79.8 cm³/mol. The fourth-order valence-corrected chi connectivity index (χ4v) is 3.19. The summed E-state index contributed by atoms with van der Waals surface area (Å²) in [5.74, 6) is 0. The lowest BCUT2D eigenvalue weighted by molar-refractivity contribution is 0.235. The van der Waals surface area contributed by atoms with Gasteiger partial charge in [-0.3, -0.25) is 0 Å². The van der Waals surface area contributed by atoms with Crippen molar-refractivity contribution >= 4 is 6.02 Å². The van der Waals surface area contributed by atoms with Crippen molar-refractivity contribution in [3.8, 4) is 11.1 Å². The number of benzene rings is 1. The molecule has 1 aliphatic carbocycles. The number of aryl methyl sites for hydroxylation is 1. The molecule has 2 aliphatic rings. The Morgan fingerprint density at radius 1 is 1.10 bits per heavy atom. The lowest BCUT2D eigenvalue weighted by Gasteiger charge is -2.30. The molecule has 2 N–H and O–H groups in total. The summed E-state index contributed by atoms with van der Waals surface area (Å²) >= 11 is 0. The summed E-state index contributed by atoms with van der Waals surface area (Å²) in [5, 5.41) is 0. The second kappa shape index (κ2) is 4.55. The molecule has 0 fully saturated rings. The van der Waals surface area contributed by atoms with Crippen molar-refractivity contribution in [2.45, 2.75) is 24.8 Å². The molecular formula is C16H16N4O. The van der Waals surface area contributed by atoms with Crippen LogP contribution in [0.15, 0.2) is 41.9 Å². The Balaban J connectivity index is 1.67. The number of nitrogens with zero attached hydrogens (tertiary/aromatic N) is 3. The topological polar surface area (TPSA) is 73.4 Å². The summed E-state index contributed by atoms with van der Waals surface area (Å²) in [6.45, 7) is 0.604. The molecular weight excluding hydrogens is 264 g/mol. The fraction of sp³-hybridized carbons (Fsp3) is 0.312. The third kappa shape index (κ3) is 2.14. The van der Waals surface area contributed by atoms with Crippen LogP contribution in [0.4, 0.5) is 0 Å². The first kappa shape index (κ1) is 12.3. The molecule has 1 aliphatic heterocycles. The third-order valence-corrected chi connectivity index (χ3v) is 4.32. The number of hydrogen-bond acceptors (Lipinski definition) is 5. The molecule has 21 heavy (non-hydrogen) atoms. The van der Waals surface area contributed by atoms with Gasteiger partial charge in [-0.15, -0.1) is 0 Å². The number of nitrogens with two attached hydrogens (primary N) is 1. The van der Waals surface area contributed by atoms with Gasteiger partial charge in [-0.2, -0.15) is 0 Å². The van der Waals surface area contributed by atoms with Crippen molar-refractivity contribution in [1.29, 1.82) is 0 Å². The van der Waals surface area contributed by atoms with E-state index in [0.717, 1.165) is 30.4 Å². The average molecular weight is 280 g/mol. The number of ether oxygens (including phenoxy) is 1. The average Bonchev–Trinajstić information content (AvgIpc) is 2.88. The highest BCUT2D eigenvalue weighted by molar-refractivity contribution is 5.74. The number of amidine groups is 1. The quantitative estimate of drug-likeness (QED) is 0.863. The van der Waals surface area contributed by atoms with Crippen molar-refractivity contribution in [2.24, 2.45) is 10.7 Å². The Bertz CT molecular complexity index is 713. The normalized spacial score (nSPS) is 23.5. The number of aromatic nitrogens is 2. The Hall–Kier alpha value is -2.43. The van der Waals surface area contributed by atoms with Crippen LogP contribution in [0.1, 0.15) is 17.5 Å². The van der Waals surface area contributed by atoms with Crippen molar-refractivity contribution < 1.29 is 4.74 Å². The van der Waals surface area contributed by atoms with Crippen LogP contribution in [0.5, 0.6) is 0 Å². The zero-order chi connectivity index (χ0) is 14.3. The second-order valence-corrected chi connectivity index (χ2v) is 5.75. The van der Waals surface area contributed by atoms with E-state index in [9.17, 15) is 0 Å². The van der Waals surface area contributed by atoms with Gasteiger partial charge < -0.3 is 10.5 Å². The maximum atomic E-state index is 5.67. The van der Waals surface area contributed by atoms with Crippen LogP contribution >= 0.6 is 0 Å². The highest BCUT2D eigenvalue weighted by Gasteiger charge is 2.39. The first-order valence-corrected chi connectivity index (χ1v) is 7.09. The molecule has 1 aromatic carbocycles. The second-order valence-electron chi connectivity index (χ2n) is 5.75. The molecule has 0 unspecified atom stereocenters. The van der Waals surface area contributed by atoms with E-state index < -0.39 is 0 Å². The largest absolute Gasteiger partial charge is 0.463 e. The molecule has 0 radical (unpaired) electrons. The van der Waals surface area contributed by atoms with Crippen LogP contribution in [0.2, 0.25) is 0 Å². The molecule has 5 nitrogen and oxygen atoms in total. The smallest absolute Gasteiger partial charge is 0.282 e. The molecule has 0 saturated heterocycles. The number of hydrogen-bond donors (Lipinski definition) is 1. The van der Waals surface area contributed by atoms with E-state index in [1.807, 2.05) is 12.4 Å². The molecule has 5 heteroatoms. The van der Waals surface area contributed by atoms with Gasteiger partial charge in [-0.1, -0.05) is 18.2 Å². The highest BCUT2D eigenvalue weighted by Crippen LogP contribution is 2.36. The number of fused-ring (bicyclic) bond motifs is 1. The minimum Gasteiger partial charge on any atom is -0.463 e. The monoisotopic (exact) mass is 280 g/mol. The van der Waals surface area contributed by atoms with Gasteiger partial charge >= 0.3 is 0 Å². The van der Waals surface area contributed by atoms with Gasteiger partial charge in [-0.25, -0.2) is 15.0 Å². The standard InChI is InChI=1S/C16H16N4O/c17-15-20-16(9-21-15)4-3-12-5-11(1-2-13(12)6-16)14-7-18-10-19-8-14/h1-2,5,7-8,10H,3-4,6,9H2,(H2,17,20)/t16-/m1/s1. The molecule has 1 aromatic heterocycles. The molecule has 2 aromatic rings. The van der Waals surface area contributed by atoms with E-state index in [1.165, 1.54) is 11.1 Å². The van der Waals surface area contributed by atoms with E-state index in [4.69, 9.17) is 10.5 Å². The minimum atomic E-state index is -0.144. The van der Waals surface area contributed by atoms with Gasteiger partial charge in [-0.05, 0) is 29.5 Å². The van der Waals surface area contributed by atoms with Gasteiger partial charge in [0.2, 0.25) is 0 Å². The maximum absolute atomic E-state index is 5.67. The van der Waals surface area contributed by atoms with Crippen LogP contribution < -0.4 is 5.73 Å². The maximum Gasteiger partial charge on any atom is 0.282 e. The summed E-state index contributed by atoms with van der Waals surface area (Å²) in [5.41, 5.74) is 10.5. The first-order chi connectivity index (χ1) is 10.2. The zero-order valence-corrected chi connectivity index (χ0v) is 11.6. The van der Waals surface area contributed by atoms with E-state index in [2.05, 4.69) is 33.2 Å². The Morgan fingerprint density at radius 3 is 2.71 bits per heavy atom. The van der Waals surface area contributed by atoms with Gasteiger partial charge in [0.05, 0.1) is 0 Å². The van der Waals surface area contributed by atoms with Crippen LogP contribution in [0, 0.1) is 0 Å². The molecule has 2 heterocycles. The lowest BCUT2D eigenvalue weighted by atomic mass is 9.78. The molecule has 0 bridgehead atoms. The van der Waals surface area contributed by atoms with Crippen LogP contribution in [-0.4, -0.2) is 28.1 Å². The summed E-state index contributed by atoms with van der Waals surface area (Å²) in [6.07, 6.45) is 8.11. The van der Waals surface area contributed by atoms with Gasteiger partial charge in [0.25, 0.3) is 6.02 Å². The van der Waals surface area contributed by atoms with Crippen molar-refractivity contribution in [3.63, 3.8) is 0 Å². The molecule has 0 amide bonds. The van der Waals surface area contributed by atoms with Gasteiger partial charge in [0.1, 0.15) is 18.5 Å². The van der Waals surface area contributed by atoms with Crippen LogP contribution in [0.3, 0.4) is 0 Å². The fourth-order valence-electron chi connectivity index (χ4n) is 3.19. The van der Waals surface area contributed by atoms with E-state index in [0.29, 0.717) is 12.6 Å². The summed E-state index contributed by atoms with van der Waals surface area (Å²) in [4.78, 5) is 12.7. The molecule has 1 spiro atoms. The lowest BCUT2D eigenvalue weighted by Crippen LogP contribution is -2.35. The van der Waals surface area contributed by atoms with Crippen LogP contribution in [0.25, 0.3) is 11.1 Å². The first-order valence-electron chi connectivity index (χ1n) is 7.09. The number of aliphatic imine (C=N–C) groups is 1. The molecule has 106 valence electrons. The molecule has 1 atom stereocenters. The third-order valence-electron chi connectivity index (χ3n) is 4.32. The van der Waals surface area contributed by atoms with Gasteiger partial charge in [0.15, 0.2) is 0 Å². The van der Waals surface area contributed by atoms with E-state index in [-0.39, 0.29) is 5.54 Å². The van der Waals surface area contributed by atoms with Crippen molar-refractivity contribution in [3.05, 3.63) is 48.0 Å². The van der Waals surface area contributed by atoms with E-state index >= 15 is 0 Å². The van der Waals surface area contributed by atoms with Crippen molar-refractivity contribution in [1.82, 2.24) is 9.97 Å². The summed E-state index contributed by atoms with van der Waals surface area (Å²) in [7, 11) is 0. The van der Waals surface area contributed by atoms with Crippen LogP contribution in [-0.2, 0) is 17.6 Å². The molecule has 0 saturated carbocycles. The Kier molecular flexibility index (Phi) is 2.67.